The number of ether oxygens (including phenoxy) is 1. The monoisotopic (exact) mass is 366 g/mol. The summed E-state index contributed by atoms with van der Waals surface area (Å²) in [6, 6.07) is 15.0. The van der Waals surface area contributed by atoms with Gasteiger partial charge in [-0.05, 0) is 83.2 Å². The molecule has 1 nitrogen and oxygen atoms in total. The van der Waals surface area contributed by atoms with E-state index in [0.717, 1.165) is 12.2 Å². The first-order valence-corrected chi connectivity index (χ1v) is 9.78. The van der Waals surface area contributed by atoms with Crippen molar-refractivity contribution in [2.75, 3.05) is 7.11 Å². The molecule has 0 N–H and O–H groups in total. The van der Waals surface area contributed by atoms with Crippen LogP contribution < -0.4 is 15.2 Å². The van der Waals surface area contributed by atoms with Crippen molar-refractivity contribution in [1.29, 1.82) is 0 Å². The Bertz CT molecular complexity index is 1170. The maximum Gasteiger partial charge on any atom is 0.119 e. The highest BCUT2D eigenvalue weighted by Gasteiger charge is 2.16. The molecular weight excluding hydrogens is 340 g/mol. The zero-order valence-electron chi connectivity index (χ0n) is 17.0. The molecule has 2 aromatic rings. The Morgan fingerprint density at radius 3 is 2.46 bits per heavy atom. The fourth-order valence-electron chi connectivity index (χ4n) is 4.26. The predicted octanol–water partition coefficient (Wildman–Crippen LogP) is 5.01. The smallest absolute Gasteiger partial charge is 0.119 e. The molecule has 2 aromatic carbocycles. The van der Waals surface area contributed by atoms with Gasteiger partial charge in [0.2, 0.25) is 0 Å². The highest BCUT2D eigenvalue weighted by molar-refractivity contribution is 5.85. The summed E-state index contributed by atoms with van der Waals surface area (Å²) in [5.74, 6) is 0.909. The van der Waals surface area contributed by atoms with E-state index in [9.17, 15) is 0 Å². The lowest BCUT2D eigenvalue weighted by Gasteiger charge is -2.13. The fourth-order valence-corrected chi connectivity index (χ4v) is 4.26. The molecule has 0 saturated heterocycles. The molecule has 0 saturated carbocycles. The standard InChI is InChI=1S/C27H26O/c1-18-13-19(2)24-11-8-12-25-22(15-21-9-6-5-7-10-21)16-23(28-4)17-26(25)27(24)20(3)14-18/h5-14,16-17H,15H2,1-4H3. The minimum Gasteiger partial charge on any atom is -0.497 e. The number of rotatable bonds is 3. The number of hydrogen-bond acceptors (Lipinski definition) is 1. The molecular formula is C27H26O. The SMILES string of the molecule is COc1cc(Cc2ccccc2)c2c(c1)=C1C(C)=CC(C)=CC(C)=C1C=CC=2. The second kappa shape index (κ2) is 7.52. The normalized spacial score (nSPS) is 15.6. The third kappa shape index (κ3) is 3.41. The van der Waals surface area contributed by atoms with E-state index in [0.29, 0.717) is 0 Å². The number of benzene rings is 2. The van der Waals surface area contributed by atoms with Gasteiger partial charge in [0.05, 0.1) is 7.11 Å². The van der Waals surface area contributed by atoms with Gasteiger partial charge in [0, 0.05) is 0 Å². The first kappa shape index (κ1) is 18.3. The first-order valence-electron chi connectivity index (χ1n) is 9.78. The van der Waals surface area contributed by atoms with Crippen molar-refractivity contribution in [3.63, 3.8) is 0 Å². The first-order chi connectivity index (χ1) is 13.6. The van der Waals surface area contributed by atoms with Gasteiger partial charge in [0.1, 0.15) is 5.75 Å². The van der Waals surface area contributed by atoms with Crippen molar-refractivity contribution >= 4 is 11.6 Å². The molecule has 4 rings (SSSR count). The Hall–Kier alpha value is -3.06. The molecule has 2 aliphatic carbocycles. The minimum atomic E-state index is 0.885. The summed E-state index contributed by atoms with van der Waals surface area (Å²) in [6.07, 6.45) is 12.1. The molecule has 0 bridgehead atoms. The summed E-state index contributed by atoms with van der Waals surface area (Å²) in [4.78, 5) is 0. The fraction of sp³-hybridized carbons (Fsp3) is 0.185. The van der Waals surface area contributed by atoms with E-state index < -0.39 is 0 Å². The van der Waals surface area contributed by atoms with Gasteiger partial charge in [0.15, 0.2) is 0 Å². The lowest BCUT2D eigenvalue weighted by Crippen LogP contribution is -2.31. The van der Waals surface area contributed by atoms with E-state index >= 15 is 0 Å². The van der Waals surface area contributed by atoms with Crippen LogP contribution in [0.3, 0.4) is 0 Å². The molecule has 0 unspecified atom stereocenters. The third-order valence-electron chi connectivity index (χ3n) is 5.48. The number of hydrogen-bond donors (Lipinski definition) is 0. The van der Waals surface area contributed by atoms with E-state index in [1.165, 1.54) is 49.4 Å². The van der Waals surface area contributed by atoms with E-state index in [-0.39, 0.29) is 0 Å². The van der Waals surface area contributed by atoms with Crippen molar-refractivity contribution in [2.45, 2.75) is 27.2 Å². The topological polar surface area (TPSA) is 9.23 Å². The molecule has 0 radical (unpaired) electrons. The maximum atomic E-state index is 5.70. The quantitative estimate of drug-likeness (QED) is 0.742. The van der Waals surface area contributed by atoms with Crippen molar-refractivity contribution in [3.8, 4) is 5.75 Å². The largest absolute Gasteiger partial charge is 0.497 e. The Labute approximate surface area is 167 Å². The lowest BCUT2D eigenvalue weighted by molar-refractivity contribution is 0.414. The zero-order valence-corrected chi connectivity index (χ0v) is 17.0. The van der Waals surface area contributed by atoms with Gasteiger partial charge in [-0.15, -0.1) is 0 Å². The van der Waals surface area contributed by atoms with Crippen LogP contribution in [0.1, 0.15) is 31.9 Å². The van der Waals surface area contributed by atoms with Crippen LogP contribution >= 0.6 is 0 Å². The average molecular weight is 367 g/mol. The Kier molecular flexibility index (Phi) is 4.92. The summed E-state index contributed by atoms with van der Waals surface area (Å²) in [7, 11) is 1.75. The molecule has 0 fully saturated rings. The summed E-state index contributed by atoms with van der Waals surface area (Å²) in [5, 5.41) is 2.53. The van der Waals surface area contributed by atoms with Gasteiger partial charge in [0.25, 0.3) is 0 Å². The average Bonchev–Trinajstić information content (AvgIpc) is 2.93. The van der Waals surface area contributed by atoms with Gasteiger partial charge in [-0.25, -0.2) is 0 Å². The highest BCUT2D eigenvalue weighted by Crippen LogP contribution is 2.30. The summed E-state index contributed by atoms with van der Waals surface area (Å²) in [5.41, 5.74) is 9.07. The van der Waals surface area contributed by atoms with E-state index in [2.05, 4.69) is 93.6 Å². The molecule has 2 aliphatic rings. The van der Waals surface area contributed by atoms with Gasteiger partial charge in [-0.3, -0.25) is 0 Å². The van der Waals surface area contributed by atoms with Crippen LogP contribution in [-0.4, -0.2) is 7.11 Å². The van der Waals surface area contributed by atoms with Crippen molar-refractivity contribution in [1.82, 2.24) is 0 Å². The molecule has 28 heavy (non-hydrogen) atoms. The molecule has 0 spiro atoms. The number of allylic oxidation sites excluding steroid dienone is 8. The van der Waals surface area contributed by atoms with Crippen LogP contribution in [0.15, 0.2) is 89.1 Å². The molecule has 1 heteroatoms. The second-order valence-corrected chi connectivity index (χ2v) is 7.62. The summed E-state index contributed by atoms with van der Waals surface area (Å²) in [6.45, 7) is 6.58. The zero-order chi connectivity index (χ0) is 19.7. The molecule has 0 aliphatic heterocycles. The molecule has 0 heterocycles. The van der Waals surface area contributed by atoms with Crippen LogP contribution in [-0.2, 0) is 6.42 Å². The lowest BCUT2D eigenvalue weighted by atomic mass is 9.92. The van der Waals surface area contributed by atoms with Gasteiger partial charge in [-0.1, -0.05) is 66.3 Å². The number of fused-ring (bicyclic) bond motifs is 2. The number of methoxy groups -OCH3 is 1. The van der Waals surface area contributed by atoms with Gasteiger partial charge in [-0.2, -0.15) is 0 Å². The molecule has 0 aromatic heterocycles. The van der Waals surface area contributed by atoms with Crippen molar-refractivity contribution in [2.24, 2.45) is 0 Å². The Balaban J connectivity index is 2.07. The van der Waals surface area contributed by atoms with Crippen LogP contribution in [0, 0.1) is 0 Å². The van der Waals surface area contributed by atoms with E-state index in [4.69, 9.17) is 4.74 Å². The van der Waals surface area contributed by atoms with Gasteiger partial charge < -0.3 is 4.74 Å². The summed E-state index contributed by atoms with van der Waals surface area (Å²) >= 11 is 0. The van der Waals surface area contributed by atoms with Crippen LogP contribution in [0.25, 0.3) is 11.6 Å². The minimum absolute atomic E-state index is 0.885. The van der Waals surface area contributed by atoms with Crippen molar-refractivity contribution in [3.05, 3.63) is 111 Å². The highest BCUT2D eigenvalue weighted by atomic mass is 16.5. The summed E-state index contributed by atoms with van der Waals surface area (Å²) < 4.78 is 5.70. The Morgan fingerprint density at radius 2 is 1.71 bits per heavy atom. The van der Waals surface area contributed by atoms with Crippen LogP contribution in [0.4, 0.5) is 0 Å². The third-order valence-corrected chi connectivity index (χ3v) is 5.48. The van der Waals surface area contributed by atoms with Crippen molar-refractivity contribution < 1.29 is 4.74 Å². The molecule has 140 valence electrons. The second-order valence-electron chi connectivity index (χ2n) is 7.62. The van der Waals surface area contributed by atoms with E-state index in [1.807, 2.05) is 0 Å². The maximum absolute atomic E-state index is 5.70. The predicted molar refractivity (Wildman–Crippen MR) is 119 cm³/mol. The van der Waals surface area contributed by atoms with Gasteiger partial charge >= 0.3 is 0 Å². The Morgan fingerprint density at radius 1 is 0.929 bits per heavy atom. The van der Waals surface area contributed by atoms with Crippen LogP contribution in [0.5, 0.6) is 5.75 Å². The van der Waals surface area contributed by atoms with E-state index in [1.54, 1.807) is 7.11 Å². The molecule has 0 amide bonds. The molecule has 0 atom stereocenters. The van der Waals surface area contributed by atoms with Crippen LogP contribution in [0.2, 0.25) is 0 Å².